The van der Waals surface area contributed by atoms with Crippen molar-refractivity contribution in [3.8, 4) is 5.75 Å². The molecule has 0 spiro atoms. The Kier molecular flexibility index (Phi) is 5.49. The molecule has 1 aromatic carbocycles. The molecule has 4 aliphatic carbocycles. The highest BCUT2D eigenvalue weighted by molar-refractivity contribution is 7.99. The van der Waals surface area contributed by atoms with Gasteiger partial charge in [0.1, 0.15) is 5.75 Å². The van der Waals surface area contributed by atoms with Gasteiger partial charge in [0.15, 0.2) is 0 Å². The number of rotatable bonds is 7. The number of para-hydroxylation sites is 1. The summed E-state index contributed by atoms with van der Waals surface area (Å²) in [6.07, 6.45) is 7.35. The highest BCUT2D eigenvalue weighted by atomic mass is 32.2. The molecule has 1 aromatic rings. The third-order valence-corrected chi connectivity index (χ3v) is 7.44. The standard InChI is InChI=1S/C22H29NO3S/c1-2-27-19-6-4-3-5-18(19)26-20(24)7-8-23-21(25)22-12-15-9-16(13-22)11-17(10-15)14-22/h3-6,15-17H,2,7-14H2,1H3,(H,23,25). The second kappa shape index (κ2) is 7.86. The molecular formula is C22H29NO3S. The third kappa shape index (κ3) is 4.03. The van der Waals surface area contributed by atoms with Crippen LogP contribution in [-0.2, 0) is 9.59 Å². The second-order valence-corrected chi connectivity index (χ2v) is 9.86. The molecule has 0 aliphatic heterocycles. The quantitative estimate of drug-likeness (QED) is 0.427. The van der Waals surface area contributed by atoms with Crippen molar-refractivity contribution in [3.63, 3.8) is 0 Å². The molecule has 0 heterocycles. The average Bonchev–Trinajstić information content (AvgIpc) is 2.62. The van der Waals surface area contributed by atoms with Gasteiger partial charge in [0, 0.05) is 12.0 Å². The van der Waals surface area contributed by atoms with Crippen LogP contribution in [0.4, 0.5) is 0 Å². The topological polar surface area (TPSA) is 55.4 Å². The number of amides is 1. The van der Waals surface area contributed by atoms with Gasteiger partial charge in [-0.05, 0) is 74.2 Å². The fraction of sp³-hybridized carbons (Fsp3) is 0.636. The summed E-state index contributed by atoms with van der Waals surface area (Å²) in [4.78, 5) is 26.1. The van der Waals surface area contributed by atoms with Crippen molar-refractivity contribution in [3.05, 3.63) is 24.3 Å². The lowest BCUT2D eigenvalue weighted by Crippen LogP contribution is -2.53. The molecule has 4 saturated carbocycles. The lowest BCUT2D eigenvalue weighted by Gasteiger charge is -2.55. The van der Waals surface area contributed by atoms with E-state index in [4.69, 9.17) is 4.74 Å². The normalized spacial score (nSPS) is 30.9. The summed E-state index contributed by atoms with van der Waals surface area (Å²) in [5.74, 6) is 3.68. The van der Waals surface area contributed by atoms with Crippen molar-refractivity contribution in [2.45, 2.75) is 56.8 Å². The van der Waals surface area contributed by atoms with Crippen LogP contribution in [0.1, 0.15) is 51.9 Å². The van der Waals surface area contributed by atoms with Gasteiger partial charge >= 0.3 is 5.97 Å². The van der Waals surface area contributed by atoms with Gasteiger partial charge in [-0.3, -0.25) is 9.59 Å². The first-order valence-corrected chi connectivity index (χ1v) is 11.3. The minimum absolute atomic E-state index is 0.150. The Morgan fingerprint density at radius 3 is 2.37 bits per heavy atom. The smallest absolute Gasteiger partial charge is 0.313 e. The minimum Gasteiger partial charge on any atom is -0.425 e. The Labute approximate surface area is 165 Å². The largest absolute Gasteiger partial charge is 0.425 e. The fourth-order valence-electron chi connectivity index (χ4n) is 5.84. The van der Waals surface area contributed by atoms with Crippen LogP contribution in [0.15, 0.2) is 29.2 Å². The molecule has 0 unspecified atom stereocenters. The predicted molar refractivity (Wildman–Crippen MR) is 107 cm³/mol. The summed E-state index contributed by atoms with van der Waals surface area (Å²) in [6, 6.07) is 7.60. The summed E-state index contributed by atoms with van der Waals surface area (Å²) < 4.78 is 5.52. The number of benzene rings is 1. The van der Waals surface area contributed by atoms with Gasteiger partial charge in [-0.2, -0.15) is 0 Å². The van der Waals surface area contributed by atoms with Gasteiger partial charge in [0.2, 0.25) is 5.91 Å². The number of thioether (sulfide) groups is 1. The molecule has 4 nitrogen and oxygen atoms in total. The van der Waals surface area contributed by atoms with Crippen LogP contribution >= 0.6 is 11.8 Å². The maximum Gasteiger partial charge on any atom is 0.313 e. The van der Waals surface area contributed by atoms with Gasteiger partial charge in [-0.15, -0.1) is 11.8 Å². The maximum atomic E-state index is 12.9. The van der Waals surface area contributed by atoms with E-state index >= 15 is 0 Å². The van der Waals surface area contributed by atoms with E-state index < -0.39 is 0 Å². The molecule has 0 saturated heterocycles. The van der Waals surface area contributed by atoms with Crippen molar-refractivity contribution < 1.29 is 14.3 Å². The Bertz CT molecular complexity index is 682. The van der Waals surface area contributed by atoms with Crippen LogP contribution in [0.2, 0.25) is 0 Å². The van der Waals surface area contributed by atoms with Crippen LogP contribution in [0.25, 0.3) is 0 Å². The Morgan fingerprint density at radius 2 is 1.74 bits per heavy atom. The van der Waals surface area contributed by atoms with Crippen molar-refractivity contribution in [1.29, 1.82) is 0 Å². The van der Waals surface area contributed by atoms with Crippen LogP contribution in [0.5, 0.6) is 5.75 Å². The average molecular weight is 388 g/mol. The number of nitrogens with one attached hydrogen (secondary N) is 1. The Hall–Kier alpha value is -1.49. The number of carbonyl (C=O) groups excluding carboxylic acids is 2. The summed E-state index contributed by atoms with van der Waals surface area (Å²) in [5, 5.41) is 3.05. The molecule has 4 bridgehead atoms. The number of hydrogen-bond donors (Lipinski definition) is 1. The molecule has 27 heavy (non-hydrogen) atoms. The lowest BCUT2D eigenvalue weighted by molar-refractivity contribution is -0.146. The van der Waals surface area contributed by atoms with E-state index in [0.29, 0.717) is 12.3 Å². The molecule has 1 amide bonds. The first-order valence-electron chi connectivity index (χ1n) is 10.3. The van der Waals surface area contributed by atoms with Crippen molar-refractivity contribution in [2.24, 2.45) is 23.2 Å². The van der Waals surface area contributed by atoms with Crippen LogP contribution in [-0.4, -0.2) is 24.2 Å². The van der Waals surface area contributed by atoms with Crippen molar-refractivity contribution >= 4 is 23.6 Å². The molecule has 5 heteroatoms. The third-order valence-electron chi connectivity index (χ3n) is 6.51. The van der Waals surface area contributed by atoms with Gasteiger partial charge in [-0.1, -0.05) is 19.1 Å². The Morgan fingerprint density at radius 1 is 1.11 bits per heavy atom. The van der Waals surface area contributed by atoms with E-state index in [9.17, 15) is 9.59 Å². The number of hydrogen-bond acceptors (Lipinski definition) is 4. The van der Waals surface area contributed by atoms with E-state index in [-0.39, 0.29) is 23.7 Å². The number of esters is 1. The highest BCUT2D eigenvalue weighted by Crippen LogP contribution is 2.60. The SMILES string of the molecule is CCSc1ccccc1OC(=O)CCNC(=O)C12CC3CC(CC(C3)C1)C2. The van der Waals surface area contributed by atoms with E-state index in [1.165, 1.54) is 19.3 Å². The molecule has 5 rings (SSSR count). The lowest BCUT2D eigenvalue weighted by atomic mass is 9.49. The van der Waals surface area contributed by atoms with E-state index in [0.717, 1.165) is 47.7 Å². The summed E-state index contributed by atoms with van der Waals surface area (Å²) >= 11 is 1.66. The van der Waals surface area contributed by atoms with Gasteiger partial charge in [0.05, 0.1) is 11.3 Å². The molecule has 4 fully saturated rings. The zero-order valence-corrected chi connectivity index (χ0v) is 16.9. The first kappa shape index (κ1) is 18.9. The highest BCUT2D eigenvalue weighted by Gasteiger charge is 2.54. The first-order chi connectivity index (χ1) is 13.1. The van der Waals surface area contributed by atoms with Crippen molar-refractivity contribution in [1.82, 2.24) is 5.32 Å². The van der Waals surface area contributed by atoms with E-state index in [2.05, 4.69) is 12.2 Å². The fourth-order valence-corrected chi connectivity index (χ4v) is 6.57. The van der Waals surface area contributed by atoms with Gasteiger partial charge in [0.25, 0.3) is 0 Å². The molecule has 146 valence electrons. The second-order valence-electron chi connectivity index (χ2n) is 8.56. The molecule has 0 aromatic heterocycles. The van der Waals surface area contributed by atoms with Crippen LogP contribution < -0.4 is 10.1 Å². The molecule has 0 radical (unpaired) electrons. The van der Waals surface area contributed by atoms with Crippen LogP contribution in [0, 0.1) is 23.2 Å². The van der Waals surface area contributed by atoms with Gasteiger partial charge < -0.3 is 10.1 Å². The zero-order chi connectivity index (χ0) is 18.9. The molecule has 1 N–H and O–H groups in total. The number of carbonyl (C=O) groups is 2. The summed E-state index contributed by atoms with van der Waals surface area (Å²) in [7, 11) is 0. The maximum absolute atomic E-state index is 12.9. The van der Waals surface area contributed by atoms with E-state index in [1.54, 1.807) is 11.8 Å². The number of ether oxygens (including phenoxy) is 1. The van der Waals surface area contributed by atoms with E-state index in [1.807, 2.05) is 24.3 Å². The molecular weight excluding hydrogens is 358 g/mol. The summed E-state index contributed by atoms with van der Waals surface area (Å²) in [6.45, 7) is 2.44. The predicted octanol–water partition coefficient (Wildman–Crippen LogP) is 4.43. The zero-order valence-electron chi connectivity index (χ0n) is 16.0. The molecule has 4 aliphatic rings. The Balaban J connectivity index is 1.27. The summed E-state index contributed by atoms with van der Waals surface area (Å²) in [5.41, 5.74) is -0.150. The minimum atomic E-state index is -0.287. The van der Waals surface area contributed by atoms with Crippen LogP contribution in [0.3, 0.4) is 0 Å². The molecule has 0 atom stereocenters. The van der Waals surface area contributed by atoms with Gasteiger partial charge in [-0.25, -0.2) is 0 Å². The monoisotopic (exact) mass is 387 g/mol. The van der Waals surface area contributed by atoms with Crippen molar-refractivity contribution in [2.75, 3.05) is 12.3 Å².